The van der Waals surface area contributed by atoms with Gasteiger partial charge in [-0.2, -0.15) is 10.1 Å². The van der Waals surface area contributed by atoms with Crippen LogP contribution in [0.2, 0.25) is 0 Å². The number of carbonyl (C=O) groups excluding carboxylic acids is 1. The van der Waals surface area contributed by atoms with Crippen molar-refractivity contribution in [2.45, 2.75) is 38.3 Å². The summed E-state index contributed by atoms with van der Waals surface area (Å²) in [6.45, 7) is 6.33. The molecule has 6 rings (SSSR count). The molecule has 0 radical (unpaired) electrons. The summed E-state index contributed by atoms with van der Waals surface area (Å²) >= 11 is 0. The van der Waals surface area contributed by atoms with Crippen LogP contribution in [0.1, 0.15) is 36.8 Å². The number of ether oxygens (including phenoxy) is 1. The molecule has 3 aliphatic rings. The molecule has 3 fully saturated rings. The summed E-state index contributed by atoms with van der Waals surface area (Å²) in [6.07, 6.45) is 1.49. The highest BCUT2D eigenvalue weighted by Gasteiger charge is 2.39. The molecule has 5 heterocycles. The number of hydrogen-bond donors (Lipinski definition) is 1. The zero-order valence-electron chi connectivity index (χ0n) is 20.3. The first-order valence-electron chi connectivity index (χ1n) is 12.5. The predicted molar refractivity (Wildman–Crippen MR) is 127 cm³/mol. The second-order valence-corrected chi connectivity index (χ2v) is 10.3. The van der Waals surface area contributed by atoms with Crippen molar-refractivity contribution >= 4 is 16.8 Å². The Morgan fingerprint density at radius 2 is 2.03 bits per heavy atom. The summed E-state index contributed by atoms with van der Waals surface area (Å²) in [6, 6.07) is 6.11. The van der Waals surface area contributed by atoms with Gasteiger partial charge in [0.15, 0.2) is 0 Å². The minimum atomic E-state index is -0.602. The van der Waals surface area contributed by atoms with Crippen molar-refractivity contribution in [3.8, 4) is 11.4 Å². The van der Waals surface area contributed by atoms with Gasteiger partial charge in [-0.1, -0.05) is 17.3 Å². The molecule has 10 nitrogen and oxygen atoms in total. The Hall–Kier alpha value is -2.82. The van der Waals surface area contributed by atoms with Crippen LogP contribution in [0.4, 0.5) is 0 Å². The summed E-state index contributed by atoms with van der Waals surface area (Å²) in [5.74, 6) is 1.96. The molecule has 2 unspecified atom stereocenters. The Bertz CT molecular complexity index is 1230. The predicted octanol–water partition coefficient (Wildman–Crippen LogP) is 1.92. The summed E-state index contributed by atoms with van der Waals surface area (Å²) in [5, 5.41) is 20.8. The van der Waals surface area contributed by atoms with E-state index in [2.05, 4.69) is 21.2 Å². The first-order valence-corrected chi connectivity index (χ1v) is 12.5. The number of piperidine rings is 1. The van der Waals surface area contributed by atoms with E-state index < -0.39 is 6.23 Å². The molecule has 2 atom stereocenters. The molecule has 0 saturated carbocycles. The monoisotopic (exact) mass is 480 g/mol. The van der Waals surface area contributed by atoms with Crippen molar-refractivity contribution in [1.29, 1.82) is 0 Å². The van der Waals surface area contributed by atoms with Crippen molar-refractivity contribution in [2.75, 3.05) is 39.4 Å². The lowest BCUT2D eigenvalue weighted by atomic mass is 9.95. The van der Waals surface area contributed by atoms with E-state index >= 15 is 0 Å². The van der Waals surface area contributed by atoms with Gasteiger partial charge in [-0.05, 0) is 25.8 Å². The molecule has 2 aromatic heterocycles. The van der Waals surface area contributed by atoms with Gasteiger partial charge in [0.05, 0.1) is 24.4 Å². The minimum absolute atomic E-state index is 0.0411. The molecule has 3 aromatic rings. The fourth-order valence-corrected chi connectivity index (χ4v) is 5.69. The number of aliphatic hydroxyl groups excluding tert-OH is 1. The van der Waals surface area contributed by atoms with Crippen molar-refractivity contribution in [1.82, 2.24) is 29.7 Å². The third-order valence-electron chi connectivity index (χ3n) is 7.84. The first kappa shape index (κ1) is 22.6. The Kier molecular flexibility index (Phi) is 5.82. The molecule has 1 N–H and O–H groups in total. The number of aromatic nitrogens is 4. The molecule has 0 bridgehead atoms. The van der Waals surface area contributed by atoms with Crippen LogP contribution < -0.4 is 0 Å². The van der Waals surface area contributed by atoms with Crippen LogP contribution in [0.5, 0.6) is 0 Å². The lowest BCUT2D eigenvalue weighted by Crippen LogP contribution is -2.46. The van der Waals surface area contributed by atoms with Gasteiger partial charge in [0.25, 0.3) is 0 Å². The first-order chi connectivity index (χ1) is 17.0. The van der Waals surface area contributed by atoms with Crippen LogP contribution in [0.15, 0.2) is 22.7 Å². The number of fused-ring (bicyclic) bond motifs is 1. The van der Waals surface area contributed by atoms with Gasteiger partial charge in [-0.25, -0.2) is 0 Å². The van der Waals surface area contributed by atoms with E-state index in [0.29, 0.717) is 30.6 Å². The van der Waals surface area contributed by atoms with Crippen molar-refractivity contribution in [2.24, 2.45) is 18.9 Å². The fraction of sp³-hybridized carbons (Fsp3) is 0.600. The normalized spacial score (nSPS) is 23.3. The van der Waals surface area contributed by atoms with Gasteiger partial charge in [-0.3, -0.25) is 14.4 Å². The van der Waals surface area contributed by atoms with E-state index in [-0.39, 0.29) is 17.7 Å². The summed E-state index contributed by atoms with van der Waals surface area (Å²) < 4.78 is 12.8. The molecule has 0 aliphatic carbocycles. The number of aliphatic hydroxyl groups is 1. The Labute approximate surface area is 203 Å². The molecular weight excluding hydrogens is 448 g/mol. The highest BCUT2D eigenvalue weighted by molar-refractivity contribution is 5.85. The van der Waals surface area contributed by atoms with E-state index in [4.69, 9.17) is 14.2 Å². The van der Waals surface area contributed by atoms with Crippen molar-refractivity contribution in [3.63, 3.8) is 0 Å². The molecule has 3 aliphatic heterocycles. The number of carbonyl (C=O) groups is 1. The van der Waals surface area contributed by atoms with Gasteiger partial charge in [0.1, 0.15) is 6.23 Å². The van der Waals surface area contributed by atoms with Gasteiger partial charge in [0.2, 0.25) is 17.6 Å². The summed E-state index contributed by atoms with van der Waals surface area (Å²) in [5.41, 5.74) is 2.95. The fourth-order valence-electron chi connectivity index (χ4n) is 5.69. The lowest BCUT2D eigenvalue weighted by molar-refractivity contribution is -0.130. The second-order valence-electron chi connectivity index (χ2n) is 10.3. The van der Waals surface area contributed by atoms with Crippen LogP contribution in [0.25, 0.3) is 22.3 Å². The Morgan fingerprint density at radius 3 is 2.77 bits per heavy atom. The van der Waals surface area contributed by atoms with E-state index in [9.17, 15) is 9.90 Å². The molecule has 1 aromatic carbocycles. The highest BCUT2D eigenvalue weighted by Crippen LogP contribution is 2.32. The Morgan fingerprint density at radius 1 is 1.23 bits per heavy atom. The zero-order chi connectivity index (χ0) is 24.1. The van der Waals surface area contributed by atoms with Gasteiger partial charge < -0.3 is 19.3 Å². The third-order valence-corrected chi connectivity index (χ3v) is 7.84. The number of amides is 1. The van der Waals surface area contributed by atoms with Gasteiger partial charge in [-0.15, -0.1) is 0 Å². The van der Waals surface area contributed by atoms with Gasteiger partial charge >= 0.3 is 0 Å². The number of hydrogen-bond acceptors (Lipinski definition) is 8. The molecule has 186 valence electrons. The van der Waals surface area contributed by atoms with Crippen molar-refractivity contribution < 1.29 is 19.2 Å². The number of benzene rings is 1. The molecule has 3 saturated heterocycles. The average Bonchev–Trinajstić information content (AvgIpc) is 3.54. The smallest absolute Gasteiger partial charge is 0.230 e. The maximum Gasteiger partial charge on any atom is 0.230 e. The van der Waals surface area contributed by atoms with E-state index in [1.165, 1.54) is 0 Å². The molecule has 0 spiro atoms. The molecule has 10 heteroatoms. The Balaban J connectivity index is 1.06. The van der Waals surface area contributed by atoms with Crippen molar-refractivity contribution in [3.05, 3.63) is 29.8 Å². The average molecular weight is 481 g/mol. The zero-order valence-corrected chi connectivity index (χ0v) is 20.3. The second kappa shape index (κ2) is 9.00. The van der Waals surface area contributed by atoms with Crippen LogP contribution in [-0.4, -0.2) is 86.4 Å². The number of rotatable bonds is 6. The van der Waals surface area contributed by atoms with Crippen LogP contribution in [0, 0.1) is 18.8 Å². The van der Waals surface area contributed by atoms with E-state index in [1.54, 1.807) is 0 Å². The van der Waals surface area contributed by atoms with Crippen LogP contribution in [0.3, 0.4) is 0 Å². The quantitative estimate of drug-likeness (QED) is 0.570. The largest absolute Gasteiger partial charge is 0.381 e. The van der Waals surface area contributed by atoms with Crippen LogP contribution >= 0.6 is 0 Å². The highest BCUT2D eigenvalue weighted by atomic mass is 16.5. The molecular formula is C25H32N6O4. The van der Waals surface area contributed by atoms with Gasteiger partial charge in [0, 0.05) is 68.4 Å². The summed E-state index contributed by atoms with van der Waals surface area (Å²) in [4.78, 5) is 21.1. The standard InChI is InChI=1S/C25H32N6O4/c1-15-20-4-3-18(9-21(20)29(2)27-15)23-26-24(35-28-23)17-5-7-30(8-6-17)25(33)19-10-22(32)31(12-19)11-16-13-34-14-16/h3-4,9,16-17,19,25,33H,5-8,10-14H2,1-2H3. The molecule has 35 heavy (non-hydrogen) atoms. The lowest BCUT2D eigenvalue weighted by Gasteiger charge is -2.36. The summed E-state index contributed by atoms with van der Waals surface area (Å²) in [7, 11) is 1.94. The maximum absolute atomic E-state index is 12.4. The van der Waals surface area contributed by atoms with Crippen LogP contribution in [-0.2, 0) is 16.6 Å². The number of nitrogens with zero attached hydrogens (tertiary/aromatic N) is 6. The minimum Gasteiger partial charge on any atom is -0.381 e. The number of likely N-dealkylation sites (tertiary alicyclic amines) is 2. The van der Waals surface area contributed by atoms with E-state index in [0.717, 1.165) is 67.8 Å². The SMILES string of the molecule is Cc1nn(C)c2cc(-c3noc(C4CCN(C(O)C5CC(=O)N(CC6COC6)C5)CC4)n3)ccc12. The third kappa shape index (κ3) is 4.23. The molecule has 1 amide bonds. The number of aryl methyl sites for hydroxylation is 2. The maximum atomic E-state index is 12.4. The van der Waals surface area contributed by atoms with E-state index in [1.807, 2.05) is 35.7 Å². The topological polar surface area (TPSA) is 110 Å².